The Morgan fingerprint density at radius 1 is 1.07 bits per heavy atom. The normalized spacial score (nSPS) is 14.6. The Labute approximate surface area is 167 Å². The molecule has 10 heteroatoms. The molecule has 0 saturated heterocycles. The first-order chi connectivity index (χ1) is 13.7. The standard InChI is InChI=1S/C19H18N2O7S/c1-28-12-6-8-13(9-7-12)29(26,27)20-16(19(24)25)10-11-21-17(22)14-4-2-3-5-15(14)18(21)23/h2-9,16,20H,10-11H2,1H3,(H,24,25)/p-1. The van der Waals surface area contributed by atoms with Crippen molar-refractivity contribution in [2.75, 3.05) is 13.7 Å². The van der Waals surface area contributed by atoms with Crippen LogP contribution in [-0.4, -0.2) is 50.8 Å². The van der Waals surface area contributed by atoms with E-state index in [9.17, 15) is 27.9 Å². The Hall–Kier alpha value is -3.24. The van der Waals surface area contributed by atoms with E-state index in [0.29, 0.717) is 5.75 Å². The van der Waals surface area contributed by atoms with Crippen LogP contribution in [-0.2, 0) is 14.8 Å². The van der Waals surface area contributed by atoms with Crippen molar-refractivity contribution in [3.63, 3.8) is 0 Å². The highest BCUT2D eigenvalue weighted by Gasteiger charge is 2.35. The number of rotatable bonds is 8. The van der Waals surface area contributed by atoms with E-state index in [0.717, 1.165) is 4.90 Å². The Kier molecular flexibility index (Phi) is 5.66. The molecule has 0 spiro atoms. The highest BCUT2D eigenvalue weighted by atomic mass is 32.2. The number of fused-ring (bicyclic) bond motifs is 1. The SMILES string of the molecule is COc1ccc(S(=O)(=O)NC(CCN2C(=O)c3ccccc3C2=O)C(=O)[O-])cc1. The lowest BCUT2D eigenvalue weighted by Gasteiger charge is -2.22. The minimum atomic E-state index is -4.17. The summed E-state index contributed by atoms with van der Waals surface area (Å²) in [5, 5.41) is 11.4. The van der Waals surface area contributed by atoms with Gasteiger partial charge in [-0.2, -0.15) is 0 Å². The Balaban J connectivity index is 1.72. The lowest BCUT2D eigenvalue weighted by molar-refractivity contribution is -0.308. The van der Waals surface area contributed by atoms with Crippen LogP contribution in [0.4, 0.5) is 0 Å². The van der Waals surface area contributed by atoms with Gasteiger partial charge in [-0.15, -0.1) is 0 Å². The Morgan fingerprint density at radius 2 is 1.62 bits per heavy atom. The molecule has 0 aliphatic carbocycles. The summed E-state index contributed by atoms with van der Waals surface area (Å²) in [7, 11) is -2.75. The first-order valence-electron chi connectivity index (χ1n) is 8.57. The zero-order chi connectivity index (χ0) is 21.2. The second-order valence-electron chi connectivity index (χ2n) is 6.26. The van der Waals surface area contributed by atoms with Gasteiger partial charge in [0.1, 0.15) is 5.75 Å². The fourth-order valence-corrected chi connectivity index (χ4v) is 4.15. The van der Waals surface area contributed by atoms with Crippen LogP contribution in [0.5, 0.6) is 5.75 Å². The van der Waals surface area contributed by atoms with Gasteiger partial charge in [0.15, 0.2) is 0 Å². The maximum atomic E-state index is 12.5. The number of carbonyl (C=O) groups is 3. The number of carboxylic acid groups (broad SMARTS) is 1. The van der Waals surface area contributed by atoms with Gasteiger partial charge in [0.05, 0.1) is 35.1 Å². The van der Waals surface area contributed by atoms with Gasteiger partial charge in [-0.25, -0.2) is 13.1 Å². The number of hydrogen-bond acceptors (Lipinski definition) is 7. The summed E-state index contributed by atoms with van der Waals surface area (Å²) in [6.07, 6.45) is -0.344. The molecule has 1 heterocycles. The van der Waals surface area contributed by atoms with Crippen LogP contribution in [0.2, 0.25) is 0 Å². The lowest BCUT2D eigenvalue weighted by Crippen LogP contribution is -2.49. The number of ether oxygens (including phenoxy) is 1. The first-order valence-corrected chi connectivity index (χ1v) is 10.1. The second kappa shape index (κ2) is 8.02. The number of nitrogens with zero attached hydrogens (tertiary/aromatic N) is 1. The molecule has 0 fully saturated rings. The molecule has 0 radical (unpaired) electrons. The average molecular weight is 417 g/mol. The van der Waals surface area contributed by atoms with Crippen molar-refractivity contribution >= 4 is 27.8 Å². The zero-order valence-corrected chi connectivity index (χ0v) is 16.1. The van der Waals surface area contributed by atoms with E-state index in [1.165, 1.54) is 43.5 Å². The lowest BCUT2D eigenvalue weighted by atomic mass is 10.1. The fourth-order valence-electron chi connectivity index (χ4n) is 2.94. The molecule has 1 aliphatic rings. The fraction of sp³-hybridized carbons (Fsp3) is 0.211. The number of aliphatic carboxylic acids is 1. The van der Waals surface area contributed by atoms with Crippen LogP contribution in [0.3, 0.4) is 0 Å². The predicted octanol–water partition coefficient (Wildman–Crippen LogP) is -0.222. The largest absolute Gasteiger partial charge is 0.548 e. The molecule has 3 rings (SSSR count). The quantitative estimate of drug-likeness (QED) is 0.587. The van der Waals surface area contributed by atoms with E-state index in [4.69, 9.17) is 4.74 Å². The molecule has 152 valence electrons. The summed E-state index contributed by atoms with van der Waals surface area (Å²) in [5.41, 5.74) is 0.447. The van der Waals surface area contributed by atoms with E-state index in [2.05, 4.69) is 0 Å². The minimum absolute atomic E-state index is 0.162. The van der Waals surface area contributed by atoms with Gasteiger partial charge < -0.3 is 14.6 Å². The molecule has 1 unspecified atom stereocenters. The van der Waals surface area contributed by atoms with E-state index in [1.54, 1.807) is 12.1 Å². The van der Waals surface area contributed by atoms with Crippen LogP contribution >= 0.6 is 0 Å². The van der Waals surface area contributed by atoms with Crippen molar-refractivity contribution in [2.24, 2.45) is 0 Å². The van der Waals surface area contributed by atoms with Gasteiger partial charge in [-0.3, -0.25) is 14.5 Å². The third kappa shape index (κ3) is 4.13. The van der Waals surface area contributed by atoms with Crippen molar-refractivity contribution in [1.82, 2.24) is 9.62 Å². The van der Waals surface area contributed by atoms with Gasteiger partial charge in [-0.1, -0.05) is 12.1 Å². The van der Waals surface area contributed by atoms with E-state index >= 15 is 0 Å². The summed E-state index contributed by atoms with van der Waals surface area (Å²) in [5.74, 6) is -2.34. The van der Waals surface area contributed by atoms with E-state index in [-0.39, 0.29) is 29.0 Å². The molecular formula is C19H17N2O7S-. The van der Waals surface area contributed by atoms with Crippen molar-refractivity contribution < 1.29 is 32.6 Å². The number of hydrogen-bond donors (Lipinski definition) is 1. The van der Waals surface area contributed by atoms with Gasteiger partial charge >= 0.3 is 0 Å². The molecule has 29 heavy (non-hydrogen) atoms. The highest BCUT2D eigenvalue weighted by Crippen LogP contribution is 2.23. The van der Waals surface area contributed by atoms with Gasteiger partial charge in [0.25, 0.3) is 11.8 Å². The number of carboxylic acids is 1. The molecule has 2 amide bonds. The predicted molar refractivity (Wildman–Crippen MR) is 98.5 cm³/mol. The topological polar surface area (TPSA) is 133 Å². The maximum absolute atomic E-state index is 12.5. The van der Waals surface area contributed by atoms with Crippen molar-refractivity contribution in [1.29, 1.82) is 0 Å². The Morgan fingerprint density at radius 3 is 2.10 bits per heavy atom. The molecule has 1 aliphatic heterocycles. The summed E-state index contributed by atoms with van der Waals surface area (Å²) < 4.78 is 31.9. The first kappa shape index (κ1) is 20.5. The van der Waals surface area contributed by atoms with Crippen molar-refractivity contribution in [3.05, 3.63) is 59.7 Å². The number of sulfonamides is 1. The monoisotopic (exact) mass is 417 g/mol. The van der Waals surface area contributed by atoms with Gasteiger partial charge in [-0.05, 0) is 42.8 Å². The number of nitrogens with one attached hydrogen (secondary N) is 1. The Bertz CT molecular complexity index is 1030. The third-order valence-electron chi connectivity index (χ3n) is 4.47. The summed E-state index contributed by atoms with van der Waals surface area (Å²) in [6, 6.07) is 9.95. The van der Waals surface area contributed by atoms with Crippen LogP contribution in [0.15, 0.2) is 53.4 Å². The van der Waals surface area contributed by atoms with E-state index < -0.39 is 33.8 Å². The minimum Gasteiger partial charge on any atom is -0.548 e. The molecule has 0 saturated carbocycles. The maximum Gasteiger partial charge on any atom is 0.261 e. The van der Waals surface area contributed by atoms with Crippen LogP contribution < -0.4 is 14.6 Å². The summed E-state index contributed by atoms with van der Waals surface area (Å²) in [4.78, 5) is 36.9. The average Bonchev–Trinajstić information content (AvgIpc) is 2.95. The molecule has 0 aromatic heterocycles. The number of methoxy groups -OCH3 is 1. The van der Waals surface area contributed by atoms with Gasteiger partial charge in [0.2, 0.25) is 10.0 Å². The van der Waals surface area contributed by atoms with Gasteiger partial charge in [0, 0.05) is 6.54 Å². The molecule has 2 aromatic rings. The smallest absolute Gasteiger partial charge is 0.261 e. The third-order valence-corrected chi connectivity index (χ3v) is 5.96. The van der Waals surface area contributed by atoms with Crippen molar-refractivity contribution in [2.45, 2.75) is 17.4 Å². The van der Waals surface area contributed by atoms with Crippen LogP contribution in [0, 0.1) is 0 Å². The van der Waals surface area contributed by atoms with E-state index in [1.807, 2.05) is 4.72 Å². The molecule has 9 nitrogen and oxygen atoms in total. The van der Waals surface area contributed by atoms with Crippen LogP contribution in [0.25, 0.3) is 0 Å². The number of carbonyl (C=O) groups excluding carboxylic acids is 3. The number of amides is 2. The summed E-state index contributed by atoms with van der Waals surface area (Å²) in [6.45, 7) is -0.282. The number of imide groups is 1. The van der Waals surface area contributed by atoms with Crippen molar-refractivity contribution in [3.8, 4) is 5.75 Å². The number of benzene rings is 2. The zero-order valence-electron chi connectivity index (χ0n) is 15.3. The summed E-state index contributed by atoms with van der Waals surface area (Å²) >= 11 is 0. The molecule has 2 aromatic carbocycles. The molecular weight excluding hydrogens is 400 g/mol. The highest BCUT2D eigenvalue weighted by molar-refractivity contribution is 7.89. The molecule has 1 atom stereocenters. The van der Waals surface area contributed by atoms with Crippen LogP contribution in [0.1, 0.15) is 27.1 Å². The molecule has 0 bridgehead atoms. The molecule has 1 N–H and O–H groups in total. The second-order valence-corrected chi connectivity index (χ2v) is 7.98.